The summed E-state index contributed by atoms with van der Waals surface area (Å²) < 4.78 is 0. The van der Waals surface area contributed by atoms with Crippen LogP contribution in [0, 0.1) is 11.8 Å². The van der Waals surface area contributed by atoms with Crippen LogP contribution in [-0.4, -0.2) is 44.7 Å². The molecule has 0 radical (unpaired) electrons. The number of carbonyl (C=O) groups is 1. The fraction of sp³-hybridized carbons (Fsp3) is 0.591. The van der Waals surface area contributed by atoms with E-state index in [1.54, 1.807) is 6.08 Å². The second kappa shape index (κ2) is 13.5. The average molecular weight is 379 g/mol. The Kier molecular flexibility index (Phi) is 11.7. The number of aliphatic hydroxyl groups excluding tert-OH is 3. The highest BCUT2D eigenvalue weighted by molar-refractivity contribution is 5.66. The Balaban J connectivity index is 2.47. The number of carboxylic acid groups (broad SMARTS) is 1. The highest BCUT2D eigenvalue weighted by atomic mass is 16.4. The van der Waals surface area contributed by atoms with Crippen LogP contribution in [0.5, 0.6) is 0 Å². The third-order valence-corrected chi connectivity index (χ3v) is 4.79. The molecule has 5 atom stereocenters. The minimum absolute atomic E-state index is 0.0677. The van der Waals surface area contributed by atoms with E-state index >= 15 is 0 Å². The maximum Gasteiger partial charge on any atom is 0.303 e. The normalized spacial score (nSPS) is 27.6. The first-order valence-electron chi connectivity index (χ1n) is 9.85. The SMILES string of the molecule is CC/C=C\C[C@@H](O)/C=C/[C@@H]1[C@@H](C/C=C\C/C=C\CCC(=O)O)[C@@H](O)C[C@H]1O. The molecule has 1 fully saturated rings. The molecule has 1 aliphatic rings. The van der Waals surface area contributed by atoms with E-state index in [2.05, 4.69) is 0 Å². The van der Waals surface area contributed by atoms with Crippen molar-refractivity contribution in [2.45, 2.75) is 70.2 Å². The van der Waals surface area contributed by atoms with Crippen molar-refractivity contribution in [1.82, 2.24) is 0 Å². The fourth-order valence-electron chi connectivity index (χ4n) is 3.29. The molecule has 0 aromatic carbocycles. The van der Waals surface area contributed by atoms with Crippen molar-refractivity contribution in [3.05, 3.63) is 48.6 Å². The van der Waals surface area contributed by atoms with Crippen LogP contribution in [-0.2, 0) is 4.79 Å². The van der Waals surface area contributed by atoms with Crippen molar-refractivity contribution in [3.63, 3.8) is 0 Å². The van der Waals surface area contributed by atoms with Gasteiger partial charge in [-0.2, -0.15) is 0 Å². The lowest BCUT2D eigenvalue weighted by Crippen LogP contribution is -2.20. The molecule has 5 heteroatoms. The van der Waals surface area contributed by atoms with Crippen LogP contribution in [0.1, 0.15) is 51.9 Å². The standard InChI is InChI=1S/C22H34O5/c1-2-3-8-11-17(23)14-15-19-18(20(24)16-21(19)25)12-9-6-4-5-7-10-13-22(26)27/h3,5-9,14-15,17-21,23-25H,2,4,10-13,16H2,1H3,(H,26,27)/b7-5-,8-3-,9-6-,15-14+/t17-,18-,19-,20+,21-/m1/s1. The number of aliphatic hydroxyl groups is 3. The lowest BCUT2D eigenvalue weighted by Gasteiger charge is -2.19. The van der Waals surface area contributed by atoms with E-state index in [1.807, 2.05) is 49.5 Å². The Hall–Kier alpha value is -1.69. The van der Waals surface area contributed by atoms with Crippen molar-refractivity contribution < 1.29 is 25.2 Å². The first-order valence-corrected chi connectivity index (χ1v) is 9.85. The van der Waals surface area contributed by atoms with Crippen molar-refractivity contribution >= 4 is 5.97 Å². The second-order valence-corrected chi connectivity index (χ2v) is 7.03. The summed E-state index contributed by atoms with van der Waals surface area (Å²) in [7, 11) is 0. The average Bonchev–Trinajstić information content (AvgIpc) is 2.88. The van der Waals surface area contributed by atoms with Crippen LogP contribution in [0.25, 0.3) is 0 Å². The molecule has 0 spiro atoms. The summed E-state index contributed by atoms with van der Waals surface area (Å²) >= 11 is 0. The molecule has 4 N–H and O–H groups in total. The molecule has 0 unspecified atom stereocenters. The highest BCUT2D eigenvalue weighted by Gasteiger charge is 2.39. The molecule has 5 nitrogen and oxygen atoms in total. The summed E-state index contributed by atoms with van der Waals surface area (Å²) in [5, 5.41) is 39.0. The van der Waals surface area contributed by atoms with Gasteiger partial charge in [0.05, 0.1) is 18.3 Å². The van der Waals surface area contributed by atoms with Crippen LogP contribution >= 0.6 is 0 Å². The van der Waals surface area contributed by atoms with E-state index in [9.17, 15) is 20.1 Å². The van der Waals surface area contributed by atoms with Crippen molar-refractivity contribution in [3.8, 4) is 0 Å². The minimum Gasteiger partial charge on any atom is -0.481 e. The zero-order valence-corrected chi connectivity index (χ0v) is 16.2. The number of allylic oxidation sites excluding steroid dienone is 5. The summed E-state index contributed by atoms with van der Waals surface area (Å²) in [6.45, 7) is 2.04. The van der Waals surface area contributed by atoms with Gasteiger partial charge in [-0.15, -0.1) is 0 Å². The third kappa shape index (κ3) is 9.70. The molecule has 152 valence electrons. The Morgan fingerprint density at radius 1 is 1.07 bits per heavy atom. The van der Waals surface area contributed by atoms with E-state index in [0.29, 0.717) is 32.1 Å². The summed E-state index contributed by atoms with van der Waals surface area (Å²) in [6.07, 6.45) is 17.4. The van der Waals surface area contributed by atoms with Gasteiger partial charge in [0.2, 0.25) is 0 Å². The Morgan fingerprint density at radius 3 is 2.52 bits per heavy atom. The number of carboxylic acids is 1. The van der Waals surface area contributed by atoms with E-state index < -0.39 is 24.3 Å². The summed E-state index contributed by atoms with van der Waals surface area (Å²) in [5.41, 5.74) is 0. The van der Waals surface area contributed by atoms with Crippen LogP contribution in [0.2, 0.25) is 0 Å². The molecular formula is C22H34O5. The minimum atomic E-state index is -0.797. The largest absolute Gasteiger partial charge is 0.481 e. The van der Waals surface area contributed by atoms with E-state index in [4.69, 9.17) is 5.11 Å². The highest BCUT2D eigenvalue weighted by Crippen LogP contribution is 2.36. The molecule has 1 rings (SSSR count). The molecule has 0 bridgehead atoms. The predicted molar refractivity (Wildman–Crippen MR) is 107 cm³/mol. The number of rotatable bonds is 12. The maximum absolute atomic E-state index is 10.4. The molecule has 0 saturated heterocycles. The summed E-state index contributed by atoms with van der Waals surface area (Å²) in [5.74, 6) is -1.03. The van der Waals surface area contributed by atoms with Crippen LogP contribution in [0.15, 0.2) is 48.6 Å². The van der Waals surface area contributed by atoms with Gasteiger partial charge in [0.25, 0.3) is 0 Å². The maximum atomic E-state index is 10.4. The van der Waals surface area contributed by atoms with Gasteiger partial charge in [-0.25, -0.2) is 0 Å². The van der Waals surface area contributed by atoms with Gasteiger partial charge in [0, 0.05) is 18.8 Å². The quantitative estimate of drug-likeness (QED) is 0.390. The van der Waals surface area contributed by atoms with Crippen molar-refractivity contribution in [2.24, 2.45) is 11.8 Å². The molecule has 1 aliphatic carbocycles. The Labute approximate surface area is 162 Å². The van der Waals surface area contributed by atoms with E-state index in [-0.39, 0.29) is 18.3 Å². The molecule has 0 aromatic rings. The third-order valence-electron chi connectivity index (χ3n) is 4.79. The smallest absolute Gasteiger partial charge is 0.303 e. The predicted octanol–water partition coefficient (Wildman–Crippen LogP) is 3.38. The molecular weight excluding hydrogens is 344 g/mol. The molecule has 27 heavy (non-hydrogen) atoms. The van der Waals surface area contributed by atoms with Gasteiger partial charge in [0.1, 0.15) is 0 Å². The lowest BCUT2D eigenvalue weighted by molar-refractivity contribution is -0.136. The lowest BCUT2D eigenvalue weighted by atomic mass is 9.89. The summed E-state index contributed by atoms with van der Waals surface area (Å²) in [6, 6.07) is 0. The summed E-state index contributed by atoms with van der Waals surface area (Å²) in [4.78, 5) is 10.4. The Morgan fingerprint density at radius 2 is 1.81 bits per heavy atom. The zero-order valence-electron chi connectivity index (χ0n) is 16.2. The molecule has 0 amide bonds. The first kappa shape index (κ1) is 23.3. The van der Waals surface area contributed by atoms with Crippen LogP contribution in [0.4, 0.5) is 0 Å². The Bertz CT molecular complexity index is 535. The van der Waals surface area contributed by atoms with Gasteiger partial charge in [-0.1, -0.05) is 55.5 Å². The molecule has 0 aromatic heterocycles. The topological polar surface area (TPSA) is 98.0 Å². The van der Waals surface area contributed by atoms with Crippen LogP contribution in [0.3, 0.4) is 0 Å². The van der Waals surface area contributed by atoms with Gasteiger partial charge in [0.15, 0.2) is 0 Å². The van der Waals surface area contributed by atoms with Crippen molar-refractivity contribution in [1.29, 1.82) is 0 Å². The number of hydrogen-bond acceptors (Lipinski definition) is 4. The van der Waals surface area contributed by atoms with Gasteiger partial charge >= 0.3 is 5.97 Å². The van der Waals surface area contributed by atoms with Gasteiger partial charge in [-0.05, 0) is 38.0 Å². The van der Waals surface area contributed by atoms with Crippen molar-refractivity contribution in [2.75, 3.05) is 0 Å². The molecule has 1 saturated carbocycles. The van der Waals surface area contributed by atoms with Gasteiger partial charge < -0.3 is 20.4 Å². The first-order chi connectivity index (χ1) is 13.0. The fourth-order valence-corrected chi connectivity index (χ4v) is 3.29. The van der Waals surface area contributed by atoms with E-state index in [1.165, 1.54) is 0 Å². The van der Waals surface area contributed by atoms with Crippen LogP contribution < -0.4 is 0 Å². The molecule has 0 heterocycles. The zero-order chi connectivity index (χ0) is 20.1. The number of hydrogen-bond donors (Lipinski definition) is 4. The molecule has 0 aliphatic heterocycles. The van der Waals surface area contributed by atoms with Gasteiger partial charge in [-0.3, -0.25) is 4.79 Å². The second-order valence-electron chi connectivity index (χ2n) is 7.03. The number of aliphatic carboxylic acids is 1. The monoisotopic (exact) mass is 378 g/mol. The van der Waals surface area contributed by atoms with E-state index in [0.717, 1.165) is 6.42 Å².